The lowest BCUT2D eigenvalue weighted by molar-refractivity contribution is -0.126. The van der Waals surface area contributed by atoms with E-state index in [0.29, 0.717) is 36.4 Å². The van der Waals surface area contributed by atoms with Crippen LogP contribution in [0.3, 0.4) is 0 Å². The molecule has 2 aliphatic rings. The first-order chi connectivity index (χ1) is 16.2. The molecule has 0 radical (unpaired) electrons. The summed E-state index contributed by atoms with van der Waals surface area (Å²) < 4.78 is 38.8. The van der Waals surface area contributed by atoms with Crippen LogP contribution in [0.4, 0.5) is 5.69 Å². The van der Waals surface area contributed by atoms with Gasteiger partial charge in [-0.3, -0.25) is 9.59 Å². The van der Waals surface area contributed by atoms with Gasteiger partial charge in [-0.1, -0.05) is 12.1 Å². The van der Waals surface area contributed by atoms with Crippen LogP contribution in [-0.4, -0.2) is 50.8 Å². The summed E-state index contributed by atoms with van der Waals surface area (Å²) in [5, 5.41) is 5.68. The lowest BCUT2D eigenvalue weighted by Gasteiger charge is -2.31. The number of hydrogen-bond acceptors (Lipinski definition) is 6. The molecule has 182 valence electrons. The highest BCUT2D eigenvalue weighted by atomic mass is 32.2. The van der Waals surface area contributed by atoms with Crippen LogP contribution in [0, 0.1) is 12.8 Å². The van der Waals surface area contributed by atoms with Crippen LogP contribution in [0.15, 0.2) is 41.3 Å². The third-order valence-electron chi connectivity index (χ3n) is 6.28. The van der Waals surface area contributed by atoms with Gasteiger partial charge in [-0.25, -0.2) is 8.42 Å². The predicted molar refractivity (Wildman–Crippen MR) is 126 cm³/mol. The molecule has 2 aromatic rings. The number of carbonyl (C=O) groups is 2. The Morgan fingerprint density at radius 1 is 1.21 bits per heavy atom. The number of fused-ring (bicyclic) bond motifs is 1. The molecular formula is C24H29N3O6S. The number of ether oxygens (including phenoxy) is 2. The normalized spacial score (nSPS) is 19.0. The Bertz CT molecular complexity index is 1190. The van der Waals surface area contributed by atoms with Crippen molar-refractivity contribution in [3.8, 4) is 11.5 Å². The number of hydrogen-bond donors (Lipinski definition) is 2. The number of aryl methyl sites for hydroxylation is 1. The Morgan fingerprint density at radius 3 is 2.53 bits per heavy atom. The van der Waals surface area contributed by atoms with E-state index in [4.69, 9.17) is 9.47 Å². The number of anilines is 1. The topological polar surface area (TPSA) is 114 Å². The van der Waals surface area contributed by atoms with Crippen LogP contribution >= 0.6 is 0 Å². The highest BCUT2D eigenvalue weighted by Gasteiger charge is 2.34. The molecule has 9 nitrogen and oxygen atoms in total. The van der Waals surface area contributed by atoms with Crippen LogP contribution < -0.4 is 20.1 Å². The maximum atomic E-state index is 13.4. The maximum Gasteiger partial charge on any atom is 0.265 e. The van der Waals surface area contributed by atoms with Crippen molar-refractivity contribution in [2.24, 2.45) is 5.92 Å². The number of rotatable bonds is 6. The molecule has 0 spiro atoms. The zero-order valence-corrected chi connectivity index (χ0v) is 20.3. The molecule has 1 saturated heterocycles. The van der Waals surface area contributed by atoms with E-state index in [2.05, 4.69) is 10.6 Å². The quantitative estimate of drug-likeness (QED) is 0.647. The van der Waals surface area contributed by atoms with Gasteiger partial charge in [0, 0.05) is 31.6 Å². The molecule has 2 amide bonds. The lowest BCUT2D eigenvalue weighted by Crippen LogP contribution is -2.43. The van der Waals surface area contributed by atoms with Crippen molar-refractivity contribution in [1.82, 2.24) is 9.62 Å². The van der Waals surface area contributed by atoms with Crippen LogP contribution in [0.5, 0.6) is 11.5 Å². The summed E-state index contributed by atoms with van der Waals surface area (Å²) in [6.07, 6.45) is 0.195. The van der Waals surface area contributed by atoms with Gasteiger partial charge in [0.1, 0.15) is 11.5 Å². The minimum Gasteiger partial charge on any atom is -0.497 e. The van der Waals surface area contributed by atoms with E-state index in [-0.39, 0.29) is 35.7 Å². The number of nitrogens with zero attached hydrogens (tertiary/aromatic N) is 1. The van der Waals surface area contributed by atoms with Gasteiger partial charge in [0.15, 0.2) is 6.10 Å². The van der Waals surface area contributed by atoms with Gasteiger partial charge >= 0.3 is 0 Å². The van der Waals surface area contributed by atoms with Crippen LogP contribution in [0.1, 0.15) is 30.9 Å². The van der Waals surface area contributed by atoms with E-state index in [1.807, 2.05) is 24.3 Å². The van der Waals surface area contributed by atoms with Gasteiger partial charge in [-0.05, 0) is 56.0 Å². The summed E-state index contributed by atoms with van der Waals surface area (Å²) in [6, 6.07) is 10.6. The molecule has 34 heavy (non-hydrogen) atoms. The molecule has 0 aromatic heterocycles. The Labute approximate surface area is 199 Å². The van der Waals surface area contributed by atoms with Crippen molar-refractivity contribution in [2.75, 3.05) is 25.5 Å². The van der Waals surface area contributed by atoms with Crippen LogP contribution in [0.25, 0.3) is 0 Å². The highest BCUT2D eigenvalue weighted by molar-refractivity contribution is 7.89. The fourth-order valence-corrected chi connectivity index (χ4v) is 5.89. The molecule has 0 saturated carbocycles. The first kappa shape index (κ1) is 24.0. The van der Waals surface area contributed by atoms with E-state index in [1.165, 1.54) is 10.4 Å². The molecule has 10 heteroatoms. The molecule has 1 atom stereocenters. The Kier molecular flexibility index (Phi) is 6.81. The maximum absolute atomic E-state index is 13.4. The largest absolute Gasteiger partial charge is 0.497 e. The van der Waals surface area contributed by atoms with Crippen LogP contribution in [0.2, 0.25) is 0 Å². The summed E-state index contributed by atoms with van der Waals surface area (Å²) in [5.74, 6) is 0.507. The predicted octanol–water partition coefficient (Wildman–Crippen LogP) is 2.44. The SMILES string of the molecule is COc1ccc(CNC(=O)C2CCN(S(=O)(=O)c3cc4c(cc3C)NC(=O)[C@H](C)O4)CC2)cc1. The first-order valence-corrected chi connectivity index (χ1v) is 12.7. The van der Waals surface area contributed by atoms with Gasteiger partial charge in [0.2, 0.25) is 15.9 Å². The lowest BCUT2D eigenvalue weighted by atomic mass is 9.97. The molecule has 0 unspecified atom stereocenters. The summed E-state index contributed by atoms with van der Waals surface area (Å²) in [6.45, 7) is 4.22. The van der Waals surface area contributed by atoms with Gasteiger partial charge in [0.25, 0.3) is 5.91 Å². The van der Waals surface area contributed by atoms with E-state index in [9.17, 15) is 18.0 Å². The molecule has 2 N–H and O–H groups in total. The number of methoxy groups -OCH3 is 1. The summed E-state index contributed by atoms with van der Waals surface area (Å²) >= 11 is 0. The second kappa shape index (κ2) is 9.63. The van der Waals surface area contributed by atoms with Crippen molar-refractivity contribution in [3.05, 3.63) is 47.5 Å². The zero-order chi connectivity index (χ0) is 24.5. The van der Waals surface area contributed by atoms with Crippen molar-refractivity contribution < 1.29 is 27.5 Å². The van der Waals surface area contributed by atoms with Crippen molar-refractivity contribution in [3.63, 3.8) is 0 Å². The average molecular weight is 488 g/mol. The second-order valence-electron chi connectivity index (χ2n) is 8.61. The van der Waals surface area contributed by atoms with E-state index in [1.54, 1.807) is 27.0 Å². The minimum absolute atomic E-state index is 0.0732. The fraction of sp³-hybridized carbons (Fsp3) is 0.417. The molecule has 0 bridgehead atoms. The van der Waals surface area contributed by atoms with E-state index < -0.39 is 16.1 Å². The molecule has 0 aliphatic carbocycles. The molecule has 2 aromatic carbocycles. The Morgan fingerprint density at radius 2 is 1.88 bits per heavy atom. The second-order valence-corrected chi connectivity index (χ2v) is 10.5. The number of nitrogens with one attached hydrogen (secondary N) is 2. The number of carbonyl (C=O) groups excluding carboxylic acids is 2. The number of piperidine rings is 1. The van der Waals surface area contributed by atoms with E-state index >= 15 is 0 Å². The molecular weight excluding hydrogens is 458 g/mol. The average Bonchev–Trinajstić information content (AvgIpc) is 2.83. The van der Waals surface area contributed by atoms with Crippen molar-refractivity contribution in [1.29, 1.82) is 0 Å². The van der Waals surface area contributed by atoms with E-state index in [0.717, 1.165) is 11.3 Å². The van der Waals surface area contributed by atoms with Crippen molar-refractivity contribution in [2.45, 2.75) is 44.2 Å². The third kappa shape index (κ3) is 4.88. The summed E-state index contributed by atoms with van der Waals surface area (Å²) in [7, 11) is -2.17. The Balaban J connectivity index is 1.38. The third-order valence-corrected chi connectivity index (χ3v) is 8.32. The monoisotopic (exact) mass is 487 g/mol. The standard InChI is InChI=1S/C24H29N3O6S/c1-15-12-20-21(33-16(2)23(28)26-20)13-22(15)34(30,31)27-10-8-18(9-11-27)24(29)25-14-17-4-6-19(32-3)7-5-17/h4-7,12-13,16,18H,8-11,14H2,1-3H3,(H,25,29)(H,26,28)/t16-/m0/s1. The molecule has 2 heterocycles. The van der Waals surface area contributed by atoms with Crippen molar-refractivity contribution >= 4 is 27.5 Å². The summed E-state index contributed by atoms with van der Waals surface area (Å²) in [5.41, 5.74) is 1.95. The smallest absolute Gasteiger partial charge is 0.265 e. The van der Waals surface area contributed by atoms with Crippen LogP contribution in [-0.2, 0) is 26.2 Å². The highest BCUT2D eigenvalue weighted by Crippen LogP contribution is 2.36. The molecule has 2 aliphatic heterocycles. The number of sulfonamides is 1. The first-order valence-electron chi connectivity index (χ1n) is 11.2. The zero-order valence-electron chi connectivity index (χ0n) is 19.5. The Hall–Kier alpha value is -3.11. The van der Waals surface area contributed by atoms with Gasteiger partial charge < -0.3 is 20.1 Å². The molecule has 1 fully saturated rings. The fourth-order valence-electron chi connectivity index (χ4n) is 4.20. The summed E-state index contributed by atoms with van der Waals surface area (Å²) in [4.78, 5) is 24.6. The molecule has 4 rings (SSSR count). The van der Waals surface area contributed by atoms with Gasteiger partial charge in [0.05, 0.1) is 17.7 Å². The number of benzene rings is 2. The van der Waals surface area contributed by atoms with Gasteiger partial charge in [-0.15, -0.1) is 0 Å². The number of amides is 2. The minimum atomic E-state index is -3.77. The van der Waals surface area contributed by atoms with Gasteiger partial charge in [-0.2, -0.15) is 4.31 Å².